The van der Waals surface area contributed by atoms with Crippen molar-refractivity contribution in [2.24, 2.45) is 0 Å². The quantitative estimate of drug-likeness (QED) is 0.374. The van der Waals surface area contributed by atoms with Gasteiger partial charge in [-0.3, -0.25) is 15.0 Å². The summed E-state index contributed by atoms with van der Waals surface area (Å²) in [5, 5.41) is 21.6. The molecule has 0 aliphatic heterocycles. The van der Waals surface area contributed by atoms with Crippen LogP contribution in [0.1, 0.15) is 5.56 Å². The van der Waals surface area contributed by atoms with Gasteiger partial charge in [0, 0.05) is 29.7 Å². The second kappa shape index (κ2) is 10.3. The van der Waals surface area contributed by atoms with E-state index < -0.39 is 16.8 Å². The lowest BCUT2D eigenvalue weighted by Crippen LogP contribution is -2.32. The molecule has 31 heavy (non-hydrogen) atoms. The van der Waals surface area contributed by atoms with E-state index in [1.807, 2.05) is 60.5 Å². The summed E-state index contributed by atoms with van der Waals surface area (Å²) in [5.41, 5.74) is 2.70. The lowest BCUT2D eigenvalue weighted by Gasteiger charge is -2.21. The van der Waals surface area contributed by atoms with Gasteiger partial charge in [0.1, 0.15) is 12.7 Å². The van der Waals surface area contributed by atoms with Crippen LogP contribution in [0.25, 0.3) is 11.1 Å². The van der Waals surface area contributed by atoms with Crippen LogP contribution >= 0.6 is 11.6 Å². The molecule has 1 atom stereocenters. The number of ether oxygens (including phenoxy) is 1. The Labute approximate surface area is 184 Å². The molecule has 3 aromatic rings. The van der Waals surface area contributed by atoms with Crippen molar-refractivity contribution >= 4 is 17.3 Å². The molecule has 1 N–H and O–H groups in total. The third-order valence-corrected chi connectivity index (χ3v) is 5.00. The van der Waals surface area contributed by atoms with Crippen molar-refractivity contribution in [2.45, 2.75) is 12.6 Å². The fraction of sp³-hybridized carbons (Fsp3) is 0.217. The summed E-state index contributed by atoms with van der Waals surface area (Å²) in [6, 6.07) is 18.8. The number of aliphatic hydroxyl groups excluding tert-OH is 1. The summed E-state index contributed by atoms with van der Waals surface area (Å²) >= 11 is 6.24. The number of benzene rings is 3. The maximum atomic E-state index is 13.9. The normalized spacial score (nSPS) is 12.0. The van der Waals surface area contributed by atoms with Crippen LogP contribution in [0.2, 0.25) is 5.02 Å². The first-order chi connectivity index (χ1) is 14.8. The molecule has 0 radical (unpaired) electrons. The van der Waals surface area contributed by atoms with Gasteiger partial charge in [-0.15, -0.1) is 0 Å². The van der Waals surface area contributed by atoms with Gasteiger partial charge >= 0.3 is 0 Å². The van der Waals surface area contributed by atoms with Gasteiger partial charge in [0.25, 0.3) is 5.69 Å². The summed E-state index contributed by atoms with van der Waals surface area (Å²) in [4.78, 5) is 11.9. The molecule has 0 heterocycles. The van der Waals surface area contributed by atoms with Crippen LogP contribution in [-0.2, 0) is 6.54 Å². The van der Waals surface area contributed by atoms with Gasteiger partial charge in [0.15, 0.2) is 11.6 Å². The minimum Gasteiger partial charge on any atom is -0.488 e. The molecule has 0 spiro atoms. The minimum absolute atomic E-state index is 0.134. The number of hydrogen-bond donors (Lipinski definition) is 1. The Morgan fingerprint density at radius 3 is 2.52 bits per heavy atom. The van der Waals surface area contributed by atoms with Crippen LogP contribution in [0.5, 0.6) is 5.75 Å². The molecule has 0 aliphatic rings. The average Bonchev–Trinajstić information content (AvgIpc) is 2.73. The van der Waals surface area contributed by atoms with Crippen LogP contribution < -0.4 is 4.74 Å². The van der Waals surface area contributed by atoms with Crippen LogP contribution in [0.15, 0.2) is 66.7 Å². The first-order valence-electron chi connectivity index (χ1n) is 9.60. The van der Waals surface area contributed by atoms with Crippen molar-refractivity contribution in [1.29, 1.82) is 0 Å². The Kier molecular flexibility index (Phi) is 7.57. The van der Waals surface area contributed by atoms with Gasteiger partial charge in [0.2, 0.25) is 0 Å². The predicted octanol–water partition coefficient (Wildman–Crippen LogP) is 4.93. The van der Waals surface area contributed by atoms with Gasteiger partial charge in [-0.05, 0) is 30.3 Å². The van der Waals surface area contributed by atoms with E-state index in [-0.39, 0.29) is 18.0 Å². The second-order valence-electron chi connectivity index (χ2n) is 7.21. The molecule has 0 aromatic heterocycles. The van der Waals surface area contributed by atoms with Crippen LogP contribution in [0, 0.1) is 15.9 Å². The molecule has 162 valence electrons. The Morgan fingerprint density at radius 1 is 1.16 bits per heavy atom. The molecule has 3 aromatic carbocycles. The first kappa shape index (κ1) is 22.7. The number of nitro benzene ring substituents is 1. The summed E-state index contributed by atoms with van der Waals surface area (Å²) < 4.78 is 19.1. The predicted molar refractivity (Wildman–Crippen MR) is 118 cm³/mol. The monoisotopic (exact) mass is 444 g/mol. The topological polar surface area (TPSA) is 75.8 Å². The van der Waals surface area contributed by atoms with E-state index in [1.54, 1.807) is 0 Å². The van der Waals surface area contributed by atoms with E-state index in [4.69, 9.17) is 16.3 Å². The molecule has 0 fully saturated rings. The highest BCUT2D eigenvalue weighted by atomic mass is 35.5. The number of nitro groups is 1. The Bertz CT molecular complexity index is 1050. The van der Waals surface area contributed by atoms with Crippen molar-refractivity contribution in [3.05, 3.63) is 93.2 Å². The summed E-state index contributed by atoms with van der Waals surface area (Å²) in [6.07, 6.45) is -0.859. The molecule has 3 rings (SSSR count). The smallest absolute Gasteiger partial charge is 0.272 e. The zero-order valence-electron chi connectivity index (χ0n) is 16.9. The molecular formula is C23H22ClFN2O4. The number of halogens is 2. The van der Waals surface area contributed by atoms with Gasteiger partial charge < -0.3 is 9.84 Å². The van der Waals surface area contributed by atoms with Crippen molar-refractivity contribution in [3.8, 4) is 16.9 Å². The van der Waals surface area contributed by atoms with Crippen LogP contribution in [-0.4, -0.2) is 41.2 Å². The number of rotatable bonds is 9. The summed E-state index contributed by atoms with van der Waals surface area (Å²) in [5.74, 6) is -0.976. The van der Waals surface area contributed by atoms with Gasteiger partial charge in [0.05, 0.1) is 11.0 Å². The highest BCUT2D eigenvalue weighted by molar-refractivity contribution is 6.33. The molecule has 6 nitrogen and oxygen atoms in total. The molecule has 0 bridgehead atoms. The van der Waals surface area contributed by atoms with Crippen LogP contribution in [0.3, 0.4) is 0 Å². The van der Waals surface area contributed by atoms with Crippen LogP contribution in [0.4, 0.5) is 10.1 Å². The largest absolute Gasteiger partial charge is 0.488 e. The Hall–Kier alpha value is -3.00. The summed E-state index contributed by atoms with van der Waals surface area (Å²) in [6.45, 7) is 0.775. The lowest BCUT2D eigenvalue weighted by molar-refractivity contribution is -0.385. The minimum atomic E-state index is -0.859. The highest BCUT2D eigenvalue weighted by Gasteiger charge is 2.14. The molecule has 8 heteroatoms. The lowest BCUT2D eigenvalue weighted by atomic mass is 10.0. The molecule has 1 unspecified atom stereocenters. The SMILES string of the molecule is CN(Cc1ccc(-c2ccccc2Cl)cc1)CC(O)COc1ccc([N+](=O)[O-])cc1F. The van der Waals surface area contributed by atoms with E-state index >= 15 is 0 Å². The van der Waals surface area contributed by atoms with Gasteiger partial charge in [-0.1, -0.05) is 54.1 Å². The maximum Gasteiger partial charge on any atom is 0.272 e. The number of likely N-dealkylation sites (N-methyl/N-ethyl adjacent to an activating group) is 1. The van der Waals surface area contributed by atoms with Crippen molar-refractivity contribution in [2.75, 3.05) is 20.2 Å². The standard InChI is InChI=1S/C23H22ClFN2O4/c1-26(13-16-6-8-17(9-7-16)20-4-2-3-5-21(20)24)14-19(28)15-31-23-11-10-18(27(29)30)12-22(23)25/h2-12,19,28H,13-15H2,1H3. The van der Waals surface area contributed by atoms with E-state index in [0.29, 0.717) is 18.1 Å². The first-order valence-corrected chi connectivity index (χ1v) is 9.98. The number of hydrogen-bond acceptors (Lipinski definition) is 5. The van der Waals surface area contributed by atoms with Crippen molar-refractivity contribution in [3.63, 3.8) is 0 Å². The van der Waals surface area contributed by atoms with E-state index in [2.05, 4.69) is 0 Å². The highest BCUT2D eigenvalue weighted by Crippen LogP contribution is 2.27. The van der Waals surface area contributed by atoms with E-state index in [9.17, 15) is 19.6 Å². The third kappa shape index (κ3) is 6.24. The molecule has 0 aliphatic carbocycles. The molecular weight excluding hydrogens is 423 g/mol. The fourth-order valence-electron chi connectivity index (χ4n) is 3.18. The molecule has 0 saturated carbocycles. The van der Waals surface area contributed by atoms with Crippen molar-refractivity contribution < 1.29 is 19.2 Å². The Balaban J connectivity index is 1.50. The molecule has 0 amide bonds. The van der Waals surface area contributed by atoms with Gasteiger partial charge in [-0.25, -0.2) is 4.39 Å². The number of nitrogens with zero attached hydrogens (tertiary/aromatic N) is 2. The zero-order chi connectivity index (χ0) is 22.4. The Morgan fingerprint density at radius 2 is 1.87 bits per heavy atom. The maximum absolute atomic E-state index is 13.9. The van der Waals surface area contributed by atoms with Crippen molar-refractivity contribution in [1.82, 2.24) is 4.90 Å². The number of non-ortho nitro benzene ring substituents is 1. The zero-order valence-corrected chi connectivity index (χ0v) is 17.6. The van der Waals surface area contributed by atoms with Gasteiger partial charge in [-0.2, -0.15) is 0 Å². The van der Waals surface area contributed by atoms with E-state index in [0.717, 1.165) is 28.8 Å². The van der Waals surface area contributed by atoms with E-state index in [1.165, 1.54) is 6.07 Å². The second-order valence-corrected chi connectivity index (χ2v) is 7.62. The average molecular weight is 445 g/mol. The summed E-state index contributed by atoms with van der Waals surface area (Å²) in [7, 11) is 1.86. The third-order valence-electron chi connectivity index (χ3n) is 4.67. The number of aliphatic hydroxyl groups is 1. The fourth-order valence-corrected chi connectivity index (χ4v) is 3.42. The molecule has 0 saturated heterocycles.